The Morgan fingerprint density at radius 2 is 2.17 bits per heavy atom. The molecule has 0 aliphatic carbocycles. The van der Waals surface area contributed by atoms with E-state index in [4.69, 9.17) is 9.84 Å². The molecule has 2 N–H and O–H groups in total. The standard InChI is InChI=1S/C8H15NO3/c1-9-7(8(10)11)6-2-4-12-5-3-6/h6-7,9H,2-5H2,1H3,(H,10,11). The van der Waals surface area contributed by atoms with Gasteiger partial charge < -0.3 is 15.2 Å². The average Bonchev–Trinajstić information content (AvgIpc) is 2.07. The number of rotatable bonds is 3. The molecule has 0 amide bonds. The highest BCUT2D eigenvalue weighted by Crippen LogP contribution is 2.18. The fourth-order valence-corrected chi connectivity index (χ4v) is 1.61. The van der Waals surface area contributed by atoms with Crippen molar-refractivity contribution in [1.29, 1.82) is 0 Å². The summed E-state index contributed by atoms with van der Waals surface area (Å²) in [5.41, 5.74) is 0. The van der Waals surface area contributed by atoms with Crippen molar-refractivity contribution in [2.24, 2.45) is 5.92 Å². The maximum Gasteiger partial charge on any atom is 0.320 e. The van der Waals surface area contributed by atoms with Gasteiger partial charge >= 0.3 is 5.97 Å². The lowest BCUT2D eigenvalue weighted by atomic mass is 9.92. The summed E-state index contributed by atoms with van der Waals surface area (Å²) in [5, 5.41) is 11.6. The summed E-state index contributed by atoms with van der Waals surface area (Å²) >= 11 is 0. The van der Waals surface area contributed by atoms with E-state index in [1.165, 1.54) is 0 Å². The normalized spacial score (nSPS) is 22.1. The van der Waals surface area contributed by atoms with Crippen molar-refractivity contribution < 1.29 is 14.6 Å². The Kier molecular flexibility index (Phi) is 3.49. The van der Waals surface area contributed by atoms with Crippen molar-refractivity contribution in [3.8, 4) is 0 Å². The van der Waals surface area contributed by atoms with E-state index in [2.05, 4.69) is 5.32 Å². The first-order valence-electron chi connectivity index (χ1n) is 4.23. The largest absolute Gasteiger partial charge is 0.480 e. The monoisotopic (exact) mass is 173 g/mol. The number of likely N-dealkylation sites (N-methyl/N-ethyl adjacent to an activating group) is 1. The predicted octanol–water partition coefficient (Wildman–Crippen LogP) is 0.0856. The molecule has 1 aliphatic rings. The molecule has 4 nitrogen and oxygen atoms in total. The number of ether oxygens (including phenoxy) is 1. The Hall–Kier alpha value is -0.610. The highest BCUT2D eigenvalue weighted by Gasteiger charge is 2.27. The number of carbonyl (C=O) groups is 1. The maximum atomic E-state index is 10.7. The summed E-state index contributed by atoms with van der Waals surface area (Å²) in [4.78, 5) is 10.7. The molecule has 0 aromatic rings. The van der Waals surface area contributed by atoms with Crippen molar-refractivity contribution in [1.82, 2.24) is 5.32 Å². The molecular weight excluding hydrogens is 158 g/mol. The first-order valence-corrected chi connectivity index (χ1v) is 4.23. The molecule has 0 aromatic carbocycles. The third kappa shape index (κ3) is 2.19. The number of carboxylic acids is 1. The number of carboxylic acid groups (broad SMARTS) is 1. The van der Waals surface area contributed by atoms with Gasteiger partial charge in [-0.3, -0.25) is 4.79 Å². The fraction of sp³-hybridized carbons (Fsp3) is 0.875. The van der Waals surface area contributed by atoms with E-state index in [0.29, 0.717) is 13.2 Å². The number of nitrogens with one attached hydrogen (secondary N) is 1. The van der Waals surface area contributed by atoms with Crippen molar-refractivity contribution in [2.75, 3.05) is 20.3 Å². The molecule has 1 fully saturated rings. The fourth-order valence-electron chi connectivity index (χ4n) is 1.61. The SMILES string of the molecule is CNC(C(=O)O)C1CCOCC1. The first kappa shape index (κ1) is 9.48. The summed E-state index contributed by atoms with van der Waals surface area (Å²) in [6.07, 6.45) is 1.69. The van der Waals surface area contributed by atoms with E-state index in [1.54, 1.807) is 7.05 Å². The van der Waals surface area contributed by atoms with Gasteiger partial charge in [0.2, 0.25) is 0 Å². The van der Waals surface area contributed by atoms with Crippen LogP contribution >= 0.6 is 0 Å². The third-order valence-corrected chi connectivity index (χ3v) is 2.31. The number of aliphatic carboxylic acids is 1. The molecule has 1 unspecified atom stereocenters. The molecule has 1 rings (SSSR count). The maximum absolute atomic E-state index is 10.7. The first-order chi connectivity index (χ1) is 5.75. The number of hydrogen-bond donors (Lipinski definition) is 2. The molecule has 1 heterocycles. The van der Waals surface area contributed by atoms with Crippen LogP contribution in [0.1, 0.15) is 12.8 Å². The molecule has 0 radical (unpaired) electrons. The summed E-state index contributed by atoms with van der Waals surface area (Å²) in [5.74, 6) is -0.536. The molecular formula is C8H15NO3. The summed E-state index contributed by atoms with van der Waals surface area (Å²) < 4.78 is 5.15. The van der Waals surface area contributed by atoms with Crippen molar-refractivity contribution in [2.45, 2.75) is 18.9 Å². The zero-order valence-corrected chi connectivity index (χ0v) is 7.25. The van der Waals surface area contributed by atoms with Crippen LogP contribution in [-0.2, 0) is 9.53 Å². The predicted molar refractivity (Wildman–Crippen MR) is 44.0 cm³/mol. The second-order valence-corrected chi connectivity index (χ2v) is 3.05. The van der Waals surface area contributed by atoms with Crippen LogP contribution in [0.3, 0.4) is 0 Å². The second kappa shape index (κ2) is 4.42. The van der Waals surface area contributed by atoms with Crippen LogP contribution in [0.2, 0.25) is 0 Å². The minimum atomic E-state index is -0.760. The summed E-state index contributed by atoms with van der Waals surface area (Å²) in [7, 11) is 1.69. The van der Waals surface area contributed by atoms with Crippen LogP contribution in [0.25, 0.3) is 0 Å². The molecule has 1 atom stereocenters. The Bertz CT molecular complexity index is 154. The minimum absolute atomic E-state index is 0.223. The highest BCUT2D eigenvalue weighted by molar-refractivity contribution is 5.73. The zero-order chi connectivity index (χ0) is 8.97. The molecule has 0 aromatic heterocycles. The zero-order valence-electron chi connectivity index (χ0n) is 7.25. The van der Waals surface area contributed by atoms with Gasteiger partial charge in [0, 0.05) is 13.2 Å². The van der Waals surface area contributed by atoms with Crippen molar-refractivity contribution in [3.63, 3.8) is 0 Å². The van der Waals surface area contributed by atoms with E-state index in [0.717, 1.165) is 12.8 Å². The third-order valence-electron chi connectivity index (χ3n) is 2.31. The van der Waals surface area contributed by atoms with Gasteiger partial charge in [-0.05, 0) is 25.8 Å². The van der Waals surface area contributed by atoms with Crippen LogP contribution in [0.15, 0.2) is 0 Å². The highest BCUT2D eigenvalue weighted by atomic mass is 16.5. The van der Waals surface area contributed by atoms with Gasteiger partial charge in [0.15, 0.2) is 0 Å². The lowest BCUT2D eigenvalue weighted by Gasteiger charge is -2.26. The van der Waals surface area contributed by atoms with E-state index in [9.17, 15) is 4.79 Å². The summed E-state index contributed by atoms with van der Waals surface area (Å²) in [6.45, 7) is 1.38. The molecule has 70 valence electrons. The molecule has 1 aliphatic heterocycles. The molecule has 0 bridgehead atoms. The van der Waals surface area contributed by atoms with Gasteiger partial charge in [0.05, 0.1) is 0 Å². The van der Waals surface area contributed by atoms with E-state index >= 15 is 0 Å². The lowest BCUT2D eigenvalue weighted by Crippen LogP contribution is -2.42. The lowest BCUT2D eigenvalue weighted by molar-refractivity contribution is -0.141. The van der Waals surface area contributed by atoms with Crippen LogP contribution in [0, 0.1) is 5.92 Å². The quantitative estimate of drug-likeness (QED) is 0.635. The van der Waals surface area contributed by atoms with Gasteiger partial charge in [-0.25, -0.2) is 0 Å². The minimum Gasteiger partial charge on any atom is -0.480 e. The average molecular weight is 173 g/mol. The van der Waals surface area contributed by atoms with Gasteiger partial charge in [-0.1, -0.05) is 0 Å². The molecule has 0 saturated carbocycles. The Morgan fingerprint density at radius 1 is 1.58 bits per heavy atom. The van der Waals surface area contributed by atoms with Crippen LogP contribution < -0.4 is 5.32 Å². The van der Waals surface area contributed by atoms with E-state index < -0.39 is 12.0 Å². The molecule has 4 heteroatoms. The Labute approximate surface area is 71.9 Å². The topological polar surface area (TPSA) is 58.6 Å². The van der Waals surface area contributed by atoms with Gasteiger partial charge in [0.25, 0.3) is 0 Å². The second-order valence-electron chi connectivity index (χ2n) is 3.05. The van der Waals surface area contributed by atoms with Gasteiger partial charge in [-0.2, -0.15) is 0 Å². The molecule has 0 spiro atoms. The van der Waals surface area contributed by atoms with Crippen LogP contribution in [-0.4, -0.2) is 37.4 Å². The Balaban J connectivity index is 2.46. The Morgan fingerprint density at radius 3 is 2.58 bits per heavy atom. The van der Waals surface area contributed by atoms with Crippen molar-refractivity contribution in [3.05, 3.63) is 0 Å². The van der Waals surface area contributed by atoms with E-state index in [-0.39, 0.29) is 5.92 Å². The molecule has 12 heavy (non-hydrogen) atoms. The molecule has 1 saturated heterocycles. The van der Waals surface area contributed by atoms with Gasteiger partial charge in [-0.15, -0.1) is 0 Å². The van der Waals surface area contributed by atoms with Crippen LogP contribution in [0.4, 0.5) is 0 Å². The van der Waals surface area contributed by atoms with Crippen LogP contribution in [0.5, 0.6) is 0 Å². The number of hydrogen-bond acceptors (Lipinski definition) is 3. The van der Waals surface area contributed by atoms with Crippen molar-refractivity contribution >= 4 is 5.97 Å². The summed E-state index contributed by atoms with van der Waals surface area (Å²) in [6, 6.07) is -0.408. The van der Waals surface area contributed by atoms with Gasteiger partial charge in [0.1, 0.15) is 6.04 Å². The smallest absolute Gasteiger partial charge is 0.320 e. The van der Waals surface area contributed by atoms with E-state index in [1.807, 2.05) is 0 Å².